The average molecular weight is 803 g/mol. The van der Waals surface area contributed by atoms with Crippen LogP contribution in [0.15, 0.2) is 111 Å². The Morgan fingerprint density at radius 3 is 2.30 bits per heavy atom. The van der Waals surface area contributed by atoms with Crippen LogP contribution in [0.2, 0.25) is 0 Å². The summed E-state index contributed by atoms with van der Waals surface area (Å²) in [6.07, 6.45) is -0.335. The van der Waals surface area contributed by atoms with Crippen LogP contribution in [0.4, 0.5) is 18.9 Å². The van der Waals surface area contributed by atoms with E-state index in [0.29, 0.717) is 46.8 Å². The normalized spacial score (nSPS) is 15.6. The first-order chi connectivity index (χ1) is 26.8. The second-order valence-electron chi connectivity index (χ2n) is 14.4. The summed E-state index contributed by atoms with van der Waals surface area (Å²) in [5.74, 6) is 0.700. The van der Waals surface area contributed by atoms with Gasteiger partial charge in [0.05, 0.1) is 67.6 Å². The lowest BCUT2D eigenvalue weighted by molar-refractivity contribution is -0.884. The molecule has 3 aromatic heterocycles. The summed E-state index contributed by atoms with van der Waals surface area (Å²) in [5, 5.41) is 7.33. The summed E-state index contributed by atoms with van der Waals surface area (Å²) >= 11 is 0. The fourth-order valence-corrected chi connectivity index (χ4v) is 6.89. The van der Waals surface area contributed by atoms with Crippen molar-refractivity contribution in [2.24, 2.45) is 7.05 Å². The molecule has 14 nitrogen and oxygen atoms in total. The first-order valence-electron chi connectivity index (χ1n) is 17.4. The lowest BCUT2D eigenvalue weighted by Crippen LogP contribution is -2.44. The van der Waals surface area contributed by atoms with Crippen molar-refractivity contribution < 1.29 is 39.8 Å². The third kappa shape index (κ3) is 9.07. The Morgan fingerprint density at radius 2 is 1.70 bits per heavy atom. The molecule has 0 bridgehead atoms. The quantitative estimate of drug-likeness (QED) is 0.105. The lowest BCUT2D eigenvalue weighted by atomic mass is 9.80. The minimum atomic E-state index is -4.64. The van der Waals surface area contributed by atoms with Gasteiger partial charge in [0.15, 0.2) is 17.3 Å². The zero-order chi connectivity index (χ0) is 41.3. The predicted molar refractivity (Wildman–Crippen MR) is 201 cm³/mol. The number of halogens is 3. The average Bonchev–Trinajstić information content (AvgIpc) is 3.86. The van der Waals surface area contributed by atoms with Crippen LogP contribution in [-0.4, -0.2) is 74.7 Å². The molecule has 3 heterocycles. The Balaban J connectivity index is 0.000000479. The Labute approximate surface area is 325 Å². The Morgan fingerprint density at radius 1 is 1.02 bits per heavy atom. The Kier molecular flexibility index (Phi) is 11.1. The number of carbonyl (C=O) groups excluding carboxylic acids is 1. The molecule has 18 heteroatoms. The van der Waals surface area contributed by atoms with E-state index in [0.717, 1.165) is 22.6 Å². The molecule has 1 aliphatic carbocycles. The molecular formula is C39H37F3N8O6S. The molecule has 296 valence electrons. The number of nitrogens with one attached hydrogen (secondary N) is 1. The Bertz CT molecular complexity index is 2610. The highest BCUT2D eigenvalue weighted by atomic mass is 32.2. The zero-order valence-electron chi connectivity index (χ0n) is 31.1. The van der Waals surface area contributed by atoms with Crippen molar-refractivity contribution in [3.63, 3.8) is 0 Å². The maximum absolute atomic E-state index is 14.0. The second kappa shape index (κ2) is 15.7. The molecule has 0 radical (unpaired) electrons. The number of quaternary nitrogens is 1. The van der Waals surface area contributed by atoms with Crippen LogP contribution in [0.1, 0.15) is 46.3 Å². The van der Waals surface area contributed by atoms with Crippen molar-refractivity contribution >= 4 is 21.7 Å². The van der Waals surface area contributed by atoms with Crippen molar-refractivity contribution in [1.29, 1.82) is 0 Å². The third-order valence-corrected chi connectivity index (χ3v) is 9.93. The molecule has 6 aromatic rings. The number of hydrogen-bond donors (Lipinski definition) is 1. The van der Waals surface area contributed by atoms with Crippen LogP contribution in [0, 0.1) is 6.57 Å². The number of aromatic nitrogens is 5. The number of hydrogen-bond acceptors (Lipinski definition) is 8. The first kappa shape index (κ1) is 40.4. The first-order valence-corrected chi connectivity index (χ1v) is 18.8. The van der Waals surface area contributed by atoms with Gasteiger partial charge in [-0.2, -0.15) is 18.3 Å². The number of oxazole rings is 1. The highest BCUT2D eigenvalue weighted by Gasteiger charge is 2.37. The van der Waals surface area contributed by atoms with Gasteiger partial charge in [-0.3, -0.25) is 14.3 Å². The van der Waals surface area contributed by atoms with Gasteiger partial charge in [-0.15, -0.1) is 0 Å². The molecule has 7 rings (SSSR count). The summed E-state index contributed by atoms with van der Waals surface area (Å²) in [7, 11) is 3.40. The van der Waals surface area contributed by atoms with E-state index in [-0.39, 0.29) is 33.8 Å². The number of alkyl halides is 3. The van der Waals surface area contributed by atoms with Crippen LogP contribution in [0.3, 0.4) is 0 Å². The van der Waals surface area contributed by atoms with Crippen molar-refractivity contribution in [2.75, 3.05) is 21.1 Å². The van der Waals surface area contributed by atoms with E-state index in [9.17, 15) is 35.7 Å². The summed E-state index contributed by atoms with van der Waals surface area (Å²) in [4.78, 5) is 35.6. The molecule has 57 heavy (non-hydrogen) atoms. The smallest absolute Gasteiger partial charge is 0.416 e. The molecule has 0 spiro atoms. The van der Waals surface area contributed by atoms with Crippen LogP contribution < -0.4 is 10.9 Å². The summed E-state index contributed by atoms with van der Waals surface area (Å²) in [6, 6.07) is 19.5. The van der Waals surface area contributed by atoms with Crippen molar-refractivity contribution in [3.8, 4) is 22.8 Å². The van der Waals surface area contributed by atoms with Crippen LogP contribution in [0.25, 0.3) is 27.6 Å². The molecule has 1 aliphatic rings. The molecule has 1 amide bonds. The van der Waals surface area contributed by atoms with E-state index >= 15 is 0 Å². The molecule has 3 aromatic carbocycles. The number of benzene rings is 3. The van der Waals surface area contributed by atoms with Crippen LogP contribution >= 0.6 is 0 Å². The van der Waals surface area contributed by atoms with Crippen molar-refractivity contribution in [3.05, 3.63) is 142 Å². The number of nitrogens with zero attached hydrogens (tertiary/aromatic N) is 7. The monoisotopic (exact) mass is 802 g/mol. The van der Waals surface area contributed by atoms with Crippen LogP contribution in [-0.2, 0) is 29.9 Å². The fraction of sp³-hybridized carbons (Fsp3) is 0.256. The van der Waals surface area contributed by atoms with Gasteiger partial charge in [0, 0.05) is 19.0 Å². The van der Waals surface area contributed by atoms with Crippen LogP contribution in [0.5, 0.6) is 0 Å². The molecule has 0 unspecified atom stereocenters. The minimum absolute atomic E-state index is 0.00149. The van der Waals surface area contributed by atoms with Gasteiger partial charge in [-0.25, -0.2) is 27.6 Å². The second-order valence-corrected chi connectivity index (χ2v) is 15.8. The number of amides is 1. The van der Waals surface area contributed by atoms with Gasteiger partial charge in [0.1, 0.15) is 27.9 Å². The molecule has 0 saturated heterocycles. The van der Waals surface area contributed by atoms with E-state index in [4.69, 9.17) is 11.0 Å². The van der Waals surface area contributed by atoms with E-state index in [2.05, 4.69) is 20.2 Å². The standard InChI is InChI=1S/C33H31F3N8O3.C6H6O3S/c1-37-22-9-11-24(12-10-22)42-27(13-14-39-42)29-28(32(46)43(41(29)2)25-8-6-7-21(17-25)33(34,35)36)30(45)40-23-15-20(16-23)31-38-18-26(47-31)19-44(3,4)5;7-10(8,9)6-4-2-1-3-5-6/h6-14,17-18,20,23H,15-16,19H2,2-5H3;1-5H,(H,7,8,9). The SMILES string of the molecule is O=S(=O)([O-])c1ccccc1.[C-]#[N+]c1ccc(-n2nccc2-c2c(C(=O)NC3CC(c4ncc(C[N+](C)(C)C)o4)C3)c(=O)n(-c3cccc(C(F)(F)F)c3)n2C)cc1. The van der Waals surface area contributed by atoms with E-state index in [1.165, 1.54) is 59.0 Å². The number of rotatable bonds is 9. The minimum Gasteiger partial charge on any atom is -0.744 e. The van der Waals surface area contributed by atoms with Gasteiger partial charge in [0.2, 0.25) is 0 Å². The molecule has 0 atom stereocenters. The number of carbonyl (C=O) groups is 1. The van der Waals surface area contributed by atoms with Gasteiger partial charge in [-0.05, 0) is 61.4 Å². The summed E-state index contributed by atoms with van der Waals surface area (Å²) < 4.78 is 82.3. The molecule has 0 aliphatic heterocycles. The zero-order valence-corrected chi connectivity index (χ0v) is 32.0. The third-order valence-electron chi connectivity index (χ3n) is 9.08. The highest BCUT2D eigenvalue weighted by Crippen LogP contribution is 2.37. The van der Waals surface area contributed by atoms with E-state index in [1.54, 1.807) is 42.6 Å². The van der Waals surface area contributed by atoms with Crippen molar-refractivity contribution in [2.45, 2.75) is 42.4 Å². The molecule has 1 saturated carbocycles. The van der Waals surface area contributed by atoms with Gasteiger partial charge >= 0.3 is 6.18 Å². The lowest BCUT2D eigenvalue weighted by Gasteiger charge is -2.33. The largest absolute Gasteiger partial charge is 0.744 e. The molecular weight excluding hydrogens is 766 g/mol. The Hall–Kier alpha value is -6.29. The summed E-state index contributed by atoms with van der Waals surface area (Å²) in [5.41, 5.74) is -0.538. The van der Waals surface area contributed by atoms with Gasteiger partial charge < -0.3 is 18.8 Å². The highest BCUT2D eigenvalue weighted by molar-refractivity contribution is 7.85. The molecule has 1 fully saturated rings. The van der Waals surface area contributed by atoms with E-state index in [1.807, 2.05) is 21.1 Å². The van der Waals surface area contributed by atoms with Gasteiger partial charge in [0.25, 0.3) is 11.5 Å². The fourth-order valence-electron chi connectivity index (χ4n) is 6.40. The maximum Gasteiger partial charge on any atom is 0.416 e. The van der Waals surface area contributed by atoms with E-state index < -0.39 is 33.3 Å². The maximum atomic E-state index is 14.0. The van der Waals surface area contributed by atoms with Crippen molar-refractivity contribution in [1.82, 2.24) is 29.4 Å². The van der Waals surface area contributed by atoms with Gasteiger partial charge in [-0.1, -0.05) is 36.4 Å². The topological polar surface area (TPSA) is 161 Å². The summed E-state index contributed by atoms with van der Waals surface area (Å²) in [6.45, 7) is 7.91. The molecule has 1 N–H and O–H groups in total. The predicted octanol–water partition coefficient (Wildman–Crippen LogP) is 6.06.